The fraction of sp³-hybridized carbons (Fsp3) is 1.00. The molecule has 0 spiro atoms. The second-order valence-corrected chi connectivity index (χ2v) is 5.63. The van der Waals surface area contributed by atoms with E-state index in [9.17, 15) is 92.2 Å². The molecule has 0 atom stereocenters. The molecule has 0 aromatic carbocycles. The molecule has 0 fully saturated rings. The largest absolute Gasteiger partial charge is 0.460 e. The number of hydrogen-bond donors (Lipinski definition) is 2. The normalized spacial score (nSPS) is 16.5. The first-order chi connectivity index (χ1) is 13.2. The summed E-state index contributed by atoms with van der Waals surface area (Å²) in [5.74, 6) is -70.9. The summed E-state index contributed by atoms with van der Waals surface area (Å²) < 4.78 is 266. The molecule has 33 heavy (non-hydrogen) atoms. The van der Waals surface area contributed by atoms with Gasteiger partial charge in [0.05, 0.1) is 0 Å². The Morgan fingerprint density at radius 2 is 0.424 bits per heavy atom. The second-order valence-electron chi connectivity index (χ2n) is 5.63. The summed E-state index contributed by atoms with van der Waals surface area (Å²) in [7, 11) is 0. The Balaban J connectivity index is 0. The van der Waals surface area contributed by atoms with Crippen LogP contribution in [0.4, 0.5) is 92.2 Å². The van der Waals surface area contributed by atoms with E-state index in [0.29, 0.717) is 0 Å². The molecule has 0 rings (SSSR count). The maximum atomic E-state index is 13.1. The van der Waals surface area contributed by atoms with Crippen molar-refractivity contribution in [1.29, 1.82) is 0 Å². The smallest absolute Gasteiger partial charge is 0.344 e. The summed E-state index contributed by atoms with van der Waals surface area (Å²) in [4.78, 5) is 0. The topological polar surface area (TPSA) is 55.2 Å². The summed E-state index contributed by atoms with van der Waals surface area (Å²) in [6.07, 6.45) is -15.5. The lowest BCUT2D eigenvalue weighted by Crippen LogP contribution is -2.76. The van der Waals surface area contributed by atoms with E-state index < -0.39 is 59.7 Å². The highest BCUT2D eigenvalue weighted by Gasteiger charge is 2.97. The number of alkyl halides is 21. The van der Waals surface area contributed by atoms with Crippen molar-refractivity contribution in [2.24, 2.45) is 0 Å². The molecule has 4 N–H and O–H groups in total. The Hall–Kier alpha value is -1.55. The van der Waals surface area contributed by atoms with Gasteiger partial charge in [0, 0.05) is 0 Å². The molecule has 0 aliphatic carbocycles. The van der Waals surface area contributed by atoms with Gasteiger partial charge in [-0.3, -0.25) is 0 Å². The highest BCUT2D eigenvalue weighted by atomic mass is 19.4. The van der Waals surface area contributed by atoms with Crippen LogP contribution in [0.25, 0.3) is 0 Å². The molecule has 0 unspecified atom stereocenters. The molecule has 0 aromatic heterocycles. The summed E-state index contributed by atoms with van der Waals surface area (Å²) in [5.41, 5.74) is 0. The van der Waals surface area contributed by atoms with Gasteiger partial charge in [-0.1, -0.05) is 0 Å². The molecule has 0 bridgehead atoms. The van der Waals surface area contributed by atoms with Crippen molar-refractivity contribution >= 4 is 0 Å². The first kappa shape index (κ1) is 33.6. The minimum atomic E-state index is -9.20. The van der Waals surface area contributed by atoms with Gasteiger partial charge in [-0.25, -0.2) is 0 Å². The number of rotatable bonds is 8. The third kappa shape index (κ3) is 3.90. The summed E-state index contributed by atoms with van der Waals surface area (Å²) in [6.45, 7) is 0. The van der Waals surface area contributed by atoms with E-state index in [2.05, 4.69) is 0 Å². The van der Waals surface area contributed by atoms with Crippen molar-refractivity contribution in [2.45, 2.75) is 59.7 Å². The van der Waals surface area contributed by atoms with Gasteiger partial charge in [0.1, 0.15) is 0 Å². The van der Waals surface area contributed by atoms with Crippen LogP contribution in [0.2, 0.25) is 0 Å². The lowest BCUT2D eigenvalue weighted by molar-refractivity contribution is -0.482. The average Bonchev–Trinajstić information content (AvgIpc) is 2.51. The molecular formula is C10H4F21NO. The quantitative estimate of drug-likeness (QED) is 0.343. The van der Waals surface area contributed by atoms with E-state index in [4.69, 9.17) is 5.11 Å². The van der Waals surface area contributed by atoms with Gasteiger partial charge in [0.25, 0.3) is 0 Å². The van der Waals surface area contributed by atoms with E-state index in [1.807, 2.05) is 0 Å². The van der Waals surface area contributed by atoms with Gasteiger partial charge in [-0.15, -0.1) is 0 Å². The van der Waals surface area contributed by atoms with E-state index in [-0.39, 0.29) is 6.15 Å². The van der Waals surface area contributed by atoms with Crippen LogP contribution >= 0.6 is 0 Å². The Morgan fingerprint density at radius 3 is 0.576 bits per heavy atom. The lowest BCUT2D eigenvalue weighted by Gasteiger charge is -2.44. The van der Waals surface area contributed by atoms with Crippen LogP contribution in [0.5, 0.6) is 0 Å². The van der Waals surface area contributed by atoms with Crippen molar-refractivity contribution in [3.8, 4) is 0 Å². The predicted octanol–water partition coefficient (Wildman–Crippen LogP) is 6.38. The van der Waals surface area contributed by atoms with Crippen molar-refractivity contribution in [3.05, 3.63) is 0 Å². The van der Waals surface area contributed by atoms with E-state index in [1.54, 1.807) is 0 Å². The molecule has 0 aliphatic heterocycles. The highest BCUT2D eigenvalue weighted by Crippen LogP contribution is 2.65. The van der Waals surface area contributed by atoms with Crippen molar-refractivity contribution in [3.63, 3.8) is 0 Å². The summed E-state index contributed by atoms with van der Waals surface area (Å²) >= 11 is 0. The van der Waals surface area contributed by atoms with Crippen molar-refractivity contribution < 1.29 is 97.3 Å². The maximum absolute atomic E-state index is 13.1. The summed E-state index contributed by atoms with van der Waals surface area (Å²) in [5, 5.41) is 7.38. The molecule has 23 heteroatoms. The van der Waals surface area contributed by atoms with Crippen molar-refractivity contribution in [2.75, 3.05) is 0 Å². The number of halogens is 21. The third-order valence-corrected chi connectivity index (χ3v) is 3.49. The van der Waals surface area contributed by atoms with Crippen LogP contribution in [0.3, 0.4) is 0 Å². The highest BCUT2D eigenvalue weighted by molar-refractivity contribution is 5.17. The zero-order valence-corrected chi connectivity index (χ0v) is 14.1. The maximum Gasteiger partial charge on any atom is 0.460 e. The van der Waals surface area contributed by atoms with Crippen LogP contribution in [0, 0.1) is 0 Å². The van der Waals surface area contributed by atoms with Crippen LogP contribution < -0.4 is 6.15 Å². The average molecular weight is 553 g/mol. The zero-order valence-electron chi connectivity index (χ0n) is 14.1. The molecule has 0 heterocycles. The Kier molecular flexibility index (Phi) is 7.88. The van der Waals surface area contributed by atoms with Gasteiger partial charge in [-0.05, 0) is 0 Å². The van der Waals surface area contributed by atoms with Gasteiger partial charge in [-0.2, -0.15) is 92.2 Å². The first-order valence-electron chi connectivity index (χ1n) is 6.44. The fourth-order valence-electron chi connectivity index (χ4n) is 1.55. The van der Waals surface area contributed by atoms with Gasteiger partial charge < -0.3 is 11.3 Å². The Labute approximate surface area is 164 Å². The van der Waals surface area contributed by atoms with E-state index >= 15 is 0 Å². The standard InChI is InChI=1S/C10HF21O.H3N/c11-1(12,3(15,16)5(19,20)7(23,24)9(27,28)29)2(13,14)4(17,18)6(21,22)8(25,26)10(30,31)32;/h32H;1H3. The fourth-order valence-corrected chi connectivity index (χ4v) is 1.55. The minimum Gasteiger partial charge on any atom is -0.344 e. The van der Waals surface area contributed by atoms with Crippen LogP contribution in [-0.2, 0) is 0 Å². The van der Waals surface area contributed by atoms with Gasteiger partial charge in [0.2, 0.25) is 0 Å². The Morgan fingerprint density at radius 1 is 0.273 bits per heavy atom. The molecule has 202 valence electrons. The molecule has 0 aromatic rings. The zero-order chi connectivity index (χ0) is 27.0. The first-order valence-corrected chi connectivity index (χ1v) is 6.44. The number of hydrogen-bond acceptors (Lipinski definition) is 2. The molecular weight excluding hydrogens is 549 g/mol. The third-order valence-electron chi connectivity index (χ3n) is 3.49. The number of aliphatic hydroxyl groups is 1. The minimum absolute atomic E-state index is 0. The van der Waals surface area contributed by atoms with Crippen LogP contribution in [-0.4, -0.2) is 64.8 Å². The lowest BCUT2D eigenvalue weighted by atomic mass is 9.87. The second kappa shape index (κ2) is 7.73. The van der Waals surface area contributed by atoms with Crippen LogP contribution in [0.1, 0.15) is 0 Å². The molecule has 0 saturated heterocycles. The van der Waals surface area contributed by atoms with E-state index in [0.717, 1.165) is 0 Å². The molecule has 0 radical (unpaired) electrons. The summed E-state index contributed by atoms with van der Waals surface area (Å²) in [6, 6.07) is 0. The monoisotopic (exact) mass is 553 g/mol. The van der Waals surface area contributed by atoms with Crippen molar-refractivity contribution in [1.82, 2.24) is 6.15 Å². The molecule has 0 aliphatic rings. The van der Waals surface area contributed by atoms with Gasteiger partial charge in [0.15, 0.2) is 0 Å². The molecule has 0 saturated carbocycles. The predicted molar refractivity (Wildman–Crippen MR) is 57.8 cm³/mol. The Bertz CT molecular complexity index is 639. The molecule has 0 amide bonds. The van der Waals surface area contributed by atoms with Gasteiger partial charge >= 0.3 is 59.7 Å². The van der Waals surface area contributed by atoms with E-state index in [1.165, 1.54) is 0 Å². The molecule has 2 nitrogen and oxygen atoms in total. The van der Waals surface area contributed by atoms with Crippen LogP contribution in [0.15, 0.2) is 0 Å². The SMILES string of the molecule is N.OC(F)(F)C(F)(F)C(F)(F)C(F)(F)C(F)(F)C(F)(F)C(F)(F)C(F)(F)C(F)(F)C(F)(F)F.